The van der Waals surface area contributed by atoms with Gasteiger partial charge in [-0.3, -0.25) is 9.69 Å². The number of hydrogen-bond donors (Lipinski definition) is 0. The predicted molar refractivity (Wildman–Crippen MR) is 116 cm³/mol. The monoisotopic (exact) mass is 426 g/mol. The molecule has 4 rings (SSSR count). The molecule has 162 valence electrons. The summed E-state index contributed by atoms with van der Waals surface area (Å²) in [7, 11) is 1.73. The number of rotatable bonds is 5. The van der Waals surface area contributed by atoms with Gasteiger partial charge >= 0.3 is 6.18 Å². The number of aryl methyl sites for hydroxylation is 1. The second kappa shape index (κ2) is 8.71. The normalized spacial score (nSPS) is 16.4. The average Bonchev–Trinajstić information content (AvgIpc) is 3.09. The van der Waals surface area contributed by atoms with Gasteiger partial charge < -0.3 is 4.57 Å². The van der Waals surface area contributed by atoms with E-state index in [0.717, 1.165) is 44.6 Å². The summed E-state index contributed by atoms with van der Waals surface area (Å²) in [5.41, 5.74) is 1.47. The predicted octanol–water partition coefficient (Wildman–Crippen LogP) is 5.85. The lowest BCUT2D eigenvalue weighted by atomic mass is 9.95. The molecule has 0 bridgehead atoms. The SMILES string of the molecule is Cn1cc(C(=O)C=CC2CCN(Cc3ccccc3)CC2)c2cc(C(F)(F)F)ccc21. The molecular weight excluding hydrogens is 401 g/mol. The average molecular weight is 426 g/mol. The number of likely N-dealkylation sites (tertiary alicyclic amines) is 1. The van der Waals surface area contributed by atoms with Gasteiger partial charge in [-0.15, -0.1) is 0 Å². The Bertz CT molecular complexity index is 1090. The Kier molecular flexibility index (Phi) is 6.01. The largest absolute Gasteiger partial charge is 0.416 e. The maximum Gasteiger partial charge on any atom is 0.416 e. The molecule has 2 aromatic carbocycles. The first-order chi connectivity index (χ1) is 14.8. The van der Waals surface area contributed by atoms with Crippen molar-refractivity contribution in [1.82, 2.24) is 9.47 Å². The van der Waals surface area contributed by atoms with Gasteiger partial charge in [-0.25, -0.2) is 0 Å². The first-order valence-corrected chi connectivity index (χ1v) is 10.5. The summed E-state index contributed by atoms with van der Waals surface area (Å²) < 4.78 is 41.0. The number of piperidine rings is 1. The number of ketones is 1. The highest BCUT2D eigenvalue weighted by Crippen LogP contribution is 2.33. The molecule has 31 heavy (non-hydrogen) atoms. The van der Waals surface area contributed by atoms with Crippen LogP contribution < -0.4 is 0 Å². The van der Waals surface area contributed by atoms with Crippen LogP contribution in [0.5, 0.6) is 0 Å². The Morgan fingerprint density at radius 3 is 2.48 bits per heavy atom. The lowest BCUT2D eigenvalue weighted by Gasteiger charge is -2.30. The van der Waals surface area contributed by atoms with E-state index in [-0.39, 0.29) is 5.78 Å². The van der Waals surface area contributed by atoms with E-state index in [2.05, 4.69) is 17.0 Å². The molecule has 0 amide bonds. The molecule has 6 heteroatoms. The van der Waals surface area contributed by atoms with Gasteiger partial charge in [0.15, 0.2) is 5.78 Å². The second-order valence-corrected chi connectivity index (χ2v) is 8.21. The lowest BCUT2D eigenvalue weighted by Crippen LogP contribution is -2.32. The fourth-order valence-corrected chi connectivity index (χ4v) is 4.22. The molecule has 0 spiro atoms. The summed E-state index contributed by atoms with van der Waals surface area (Å²) >= 11 is 0. The van der Waals surface area contributed by atoms with Crippen LogP contribution in [0.15, 0.2) is 66.9 Å². The summed E-state index contributed by atoms with van der Waals surface area (Å²) in [5, 5.41) is 0.338. The molecule has 1 aliphatic heterocycles. The summed E-state index contributed by atoms with van der Waals surface area (Å²) in [6, 6.07) is 13.9. The van der Waals surface area contributed by atoms with Crippen LogP contribution in [-0.4, -0.2) is 28.3 Å². The van der Waals surface area contributed by atoms with Gasteiger partial charge in [0.05, 0.1) is 5.56 Å². The van der Waals surface area contributed by atoms with Crippen molar-refractivity contribution in [2.24, 2.45) is 13.0 Å². The van der Waals surface area contributed by atoms with Crippen LogP contribution in [-0.2, 0) is 19.8 Å². The van der Waals surface area contributed by atoms with Gasteiger partial charge in [0.2, 0.25) is 0 Å². The van der Waals surface area contributed by atoms with Crippen molar-refractivity contribution >= 4 is 16.7 Å². The third kappa shape index (κ3) is 4.90. The van der Waals surface area contributed by atoms with E-state index in [4.69, 9.17) is 0 Å². The highest BCUT2D eigenvalue weighted by molar-refractivity contribution is 6.13. The summed E-state index contributed by atoms with van der Waals surface area (Å²) in [4.78, 5) is 15.2. The third-order valence-electron chi connectivity index (χ3n) is 5.98. The van der Waals surface area contributed by atoms with E-state index in [1.165, 1.54) is 17.7 Å². The maximum atomic E-state index is 13.1. The molecule has 1 saturated heterocycles. The molecule has 0 saturated carbocycles. The van der Waals surface area contributed by atoms with Crippen LogP contribution in [0.25, 0.3) is 10.9 Å². The molecule has 0 aliphatic carbocycles. The van der Waals surface area contributed by atoms with Crippen molar-refractivity contribution in [1.29, 1.82) is 0 Å². The number of allylic oxidation sites excluding steroid dienone is 2. The fourth-order valence-electron chi connectivity index (χ4n) is 4.22. The summed E-state index contributed by atoms with van der Waals surface area (Å²) in [6.45, 7) is 2.84. The number of alkyl halides is 3. The molecule has 0 N–H and O–H groups in total. The lowest BCUT2D eigenvalue weighted by molar-refractivity contribution is -0.137. The third-order valence-corrected chi connectivity index (χ3v) is 5.98. The van der Waals surface area contributed by atoms with Crippen LogP contribution >= 0.6 is 0 Å². The zero-order valence-corrected chi connectivity index (χ0v) is 17.4. The quantitative estimate of drug-likeness (QED) is 0.378. The molecule has 0 radical (unpaired) electrons. The van der Waals surface area contributed by atoms with Gasteiger partial charge in [-0.2, -0.15) is 13.2 Å². The van der Waals surface area contributed by atoms with Crippen molar-refractivity contribution < 1.29 is 18.0 Å². The molecule has 1 fully saturated rings. The summed E-state index contributed by atoms with van der Waals surface area (Å²) in [6.07, 6.45) is 2.56. The zero-order chi connectivity index (χ0) is 22.0. The van der Waals surface area contributed by atoms with Crippen LogP contribution in [0, 0.1) is 5.92 Å². The van der Waals surface area contributed by atoms with Gasteiger partial charge in [0.25, 0.3) is 0 Å². The first-order valence-electron chi connectivity index (χ1n) is 10.5. The number of halogens is 3. The van der Waals surface area contributed by atoms with Gasteiger partial charge in [0, 0.05) is 36.3 Å². The minimum absolute atomic E-state index is 0.253. The molecule has 0 unspecified atom stereocenters. The number of benzene rings is 2. The number of carbonyl (C=O) groups is 1. The van der Waals surface area contributed by atoms with Crippen molar-refractivity contribution in [3.8, 4) is 0 Å². The van der Waals surface area contributed by atoms with Crippen LogP contribution in [0.4, 0.5) is 13.2 Å². The number of fused-ring (bicyclic) bond motifs is 1. The van der Waals surface area contributed by atoms with E-state index >= 15 is 0 Å². The highest BCUT2D eigenvalue weighted by Gasteiger charge is 2.31. The van der Waals surface area contributed by atoms with Crippen LogP contribution in [0.3, 0.4) is 0 Å². The highest BCUT2D eigenvalue weighted by atomic mass is 19.4. The van der Waals surface area contributed by atoms with Crippen molar-refractivity contribution in [2.45, 2.75) is 25.6 Å². The van der Waals surface area contributed by atoms with Crippen molar-refractivity contribution in [2.75, 3.05) is 13.1 Å². The van der Waals surface area contributed by atoms with E-state index in [1.54, 1.807) is 17.8 Å². The topological polar surface area (TPSA) is 25.2 Å². The van der Waals surface area contributed by atoms with Gasteiger partial charge in [0.1, 0.15) is 0 Å². The number of nitrogens with zero attached hydrogens (tertiary/aromatic N) is 2. The molecule has 0 atom stereocenters. The molecule has 3 aromatic rings. The van der Waals surface area contributed by atoms with Crippen molar-refractivity contribution in [3.05, 3.63) is 83.6 Å². The van der Waals surface area contributed by atoms with Gasteiger partial charge in [-0.1, -0.05) is 36.4 Å². The minimum Gasteiger partial charge on any atom is -0.350 e. The van der Waals surface area contributed by atoms with E-state index in [9.17, 15) is 18.0 Å². The van der Waals surface area contributed by atoms with E-state index in [1.807, 2.05) is 24.3 Å². The Balaban J connectivity index is 1.42. The first kappa shape index (κ1) is 21.4. The fraction of sp³-hybridized carbons (Fsp3) is 0.320. The smallest absolute Gasteiger partial charge is 0.350 e. The standard InChI is InChI=1S/C25H25F3N2O/c1-29-17-22(21-15-20(25(26,27)28)8-9-23(21)29)24(31)10-7-18-11-13-30(14-12-18)16-19-5-3-2-4-6-19/h2-10,15,17-18H,11-14,16H2,1H3. The van der Waals surface area contributed by atoms with E-state index < -0.39 is 11.7 Å². The molecule has 3 nitrogen and oxygen atoms in total. The molecule has 1 aromatic heterocycles. The Labute approximate surface area is 179 Å². The number of carbonyl (C=O) groups excluding carboxylic acids is 1. The Morgan fingerprint density at radius 1 is 1.10 bits per heavy atom. The zero-order valence-electron chi connectivity index (χ0n) is 17.4. The Morgan fingerprint density at radius 2 is 1.81 bits per heavy atom. The molecular formula is C25H25F3N2O. The minimum atomic E-state index is -4.44. The van der Waals surface area contributed by atoms with Crippen LogP contribution in [0.1, 0.15) is 34.3 Å². The van der Waals surface area contributed by atoms with Crippen LogP contribution in [0.2, 0.25) is 0 Å². The Hall–Kier alpha value is -2.86. The molecule has 1 aliphatic rings. The van der Waals surface area contributed by atoms with E-state index in [0.29, 0.717) is 22.4 Å². The second-order valence-electron chi connectivity index (χ2n) is 8.21. The summed E-state index contributed by atoms with van der Waals surface area (Å²) in [5.74, 6) is 0.0494. The number of hydrogen-bond acceptors (Lipinski definition) is 2. The molecule has 2 heterocycles. The van der Waals surface area contributed by atoms with Crippen molar-refractivity contribution in [3.63, 3.8) is 0 Å². The maximum absolute atomic E-state index is 13.1. The van der Waals surface area contributed by atoms with Gasteiger partial charge in [-0.05, 0) is 61.7 Å². The number of aromatic nitrogens is 1.